The van der Waals surface area contributed by atoms with Gasteiger partial charge < -0.3 is 15.4 Å². The third-order valence-electron chi connectivity index (χ3n) is 2.89. The van der Waals surface area contributed by atoms with Crippen LogP contribution in [0.1, 0.15) is 17.2 Å². The molecule has 2 N–H and O–H groups in total. The van der Waals surface area contributed by atoms with Gasteiger partial charge in [-0.2, -0.15) is 0 Å². The van der Waals surface area contributed by atoms with E-state index in [1.165, 1.54) is 0 Å². The molecular formula is C12H13ClN2O3. The Labute approximate surface area is 109 Å². The van der Waals surface area contributed by atoms with Gasteiger partial charge in [0.25, 0.3) is 0 Å². The van der Waals surface area contributed by atoms with Gasteiger partial charge in [0.05, 0.1) is 18.2 Å². The van der Waals surface area contributed by atoms with Gasteiger partial charge in [0.2, 0.25) is 0 Å². The summed E-state index contributed by atoms with van der Waals surface area (Å²) in [5, 5.41) is 5.64. The molecule has 0 bridgehead atoms. The first-order valence-electron chi connectivity index (χ1n) is 5.45. The summed E-state index contributed by atoms with van der Waals surface area (Å²) in [6.07, 6.45) is 0. The first-order valence-corrected chi connectivity index (χ1v) is 5.83. The summed E-state index contributed by atoms with van der Waals surface area (Å²) in [6, 6.07) is 3.29. The number of nitrogens with one attached hydrogen (secondary N) is 2. The van der Waals surface area contributed by atoms with Crippen molar-refractivity contribution in [2.45, 2.75) is 13.0 Å². The van der Waals surface area contributed by atoms with Crippen LogP contribution in [0.3, 0.4) is 0 Å². The van der Waals surface area contributed by atoms with E-state index in [9.17, 15) is 9.59 Å². The normalized spacial score (nSPS) is 19.2. The topological polar surface area (TPSA) is 67.4 Å². The second-order valence-electron chi connectivity index (χ2n) is 4.08. The van der Waals surface area contributed by atoms with Crippen molar-refractivity contribution in [1.82, 2.24) is 10.6 Å². The molecule has 1 unspecified atom stereocenters. The first-order chi connectivity index (χ1) is 8.52. The van der Waals surface area contributed by atoms with Crippen LogP contribution >= 0.6 is 11.6 Å². The number of hydrogen-bond acceptors (Lipinski definition) is 3. The van der Waals surface area contributed by atoms with Crippen molar-refractivity contribution in [1.29, 1.82) is 0 Å². The van der Waals surface area contributed by atoms with Crippen molar-refractivity contribution in [3.05, 3.63) is 28.3 Å². The molecule has 5 nitrogen and oxygen atoms in total. The third-order valence-corrected chi connectivity index (χ3v) is 3.19. The monoisotopic (exact) mass is 268 g/mol. The van der Waals surface area contributed by atoms with E-state index in [0.29, 0.717) is 17.3 Å². The Kier molecular flexibility index (Phi) is 3.43. The molecule has 0 radical (unpaired) electrons. The predicted molar refractivity (Wildman–Crippen MR) is 66.6 cm³/mol. The highest BCUT2D eigenvalue weighted by atomic mass is 35.5. The van der Waals surface area contributed by atoms with Crippen molar-refractivity contribution in [2.24, 2.45) is 0 Å². The minimum absolute atomic E-state index is 0.265. The Morgan fingerprint density at radius 1 is 1.33 bits per heavy atom. The maximum absolute atomic E-state index is 11.3. The zero-order valence-electron chi connectivity index (χ0n) is 10.0. The van der Waals surface area contributed by atoms with E-state index in [1.807, 2.05) is 6.92 Å². The quantitative estimate of drug-likeness (QED) is 0.785. The van der Waals surface area contributed by atoms with Crippen molar-refractivity contribution in [2.75, 3.05) is 13.7 Å². The Hall–Kier alpha value is -1.75. The van der Waals surface area contributed by atoms with Crippen molar-refractivity contribution in [3.8, 4) is 5.75 Å². The molecule has 1 atom stereocenters. The largest absolute Gasteiger partial charge is 0.495 e. The summed E-state index contributed by atoms with van der Waals surface area (Å²) in [4.78, 5) is 22.4. The van der Waals surface area contributed by atoms with Gasteiger partial charge in [-0.25, -0.2) is 0 Å². The number of rotatable bonds is 2. The van der Waals surface area contributed by atoms with E-state index in [-0.39, 0.29) is 6.04 Å². The maximum Gasteiger partial charge on any atom is 0.309 e. The third kappa shape index (κ3) is 2.26. The average Bonchev–Trinajstić information content (AvgIpc) is 2.35. The number of amides is 2. The molecule has 1 aromatic rings. The number of carbonyl (C=O) groups is 2. The molecule has 18 heavy (non-hydrogen) atoms. The highest BCUT2D eigenvalue weighted by molar-refractivity contribution is 6.35. The van der Waals surface area contributed by atoms with Crippen LogP contribution in [0.4, 0.5) is 0 Å². The molecule has 2 amide bonds. The molecule has 6 heteroatoms. The maximum atomic E-state index is 11.3. The molecule has 1 aliphatic rings. The summed E-state index contributed by atoms with van der Waals surface area (Å²) in [5.74, 6) is -0.648. The van der Waals surface area contributed by atoms with E-state index in [2.05, 4.69) is 10.6 Å². The minimum Gasteiger partial charge on any atom is -0.495 e. The van der Waals surface area contributed by atoms with Crippen LogP contribution < -0.4 is 15.4 Å². The molecule has 1 heterocycles. The molecule has 0 spiro atoms. The SMILES string of the molecule is COc1cc(C)c(C2CNC(=O)C(=O)N2)cc1Cl. The molecule has 2 rings (SSSR count). The summed E-state index contributed by atoms with van der Waals surface area (Å²) in [5.41, 5.74) is 1.81. The number of ether oxygens (including phenoxy) is 1. The Morgan fingerprint density at radius 2 is 2.06 bits per heavy atom. The fourth-order valence-electron chi connectivity index (χ4n) is 1.94. The van der Waals surface area contributed by atoms with Gasteiger partial charge in [0, 0.05) is 6.54 Å². The Bertz CT molecular complexity index is 516. The molecular weight excluding hydrogens is 256 g/mol. The average molecular weight is 269 g/mol. The number of aryl methyl sites for hydroxylation is 1. The van der Waals surface area contributed by atoms with Gasteiger partial charge in [0.15, 0.2) is 0 Å². The second-order valence-corrected chi connectivity index (χ2v) is 4.49. The van der Waals surface area contributed by atoms with Crippen LogP contribution in [0.15, 0.2) is 12.1 Å². The molecule has 0 aliphatic carbocycles. The number of methoxy groups -OCH3 is 1. The van der Waals surface area contributed by atoms with Gasteiger partial charge >= 0.3 is 11.8 Å². The molecule has 0 aromatic heterocycles. The highest BCUT2D eigenvalue weighted by Gasteiger charge is 2.27. The predicted octanol–water partition coefficient (Wildman–Crippen LogP) is 0.944. The molecule has 1 fully saturated rings. The molecule has 0 saturated carbocycles. The summed E-state index contributed by atoms with van der Waals surface area (Å²) in [7, 11) is 1.54. The van der Waals surface area contributed by atoms with Crippen molar-refractivity contribution < 1.29 is 14.3 Å². The molecule has 1 aliphatic heterocycles. The van der Waals surface area contributed by atoms with E-state index in [0.717, 1.165) is 11.1 Å². The first kappa shape index (κ1) is 12.7. The smallest absolute Gasteiger partial charge is 0.309 e. The van der Waals surface area contributed by atoms with Crippen LogP contribution in [0.5, 0.6) is 5.75 Å². The van der Waals surface area contributed by atoms with Gasteiger partial charge in [-0.05, 0) is 30.2 Å². The van der Waals surface area contributed by atoms with E-state index < -0.39 is 11.8 Å². The Morgan fingerprint density at radius 3 is 2.67 bits per heavy atom. The number of piperazine rings is 1. The van der Waals surface area contributed by atoms with Crippen LogP contribution in [0, 0.1) is 6.92 Å². The lowest BCUT2D eigenvalue weighted by atomic mass is 9.99. The van der Waals surface area contributed by atoms with Crippen molar-refractivity contribution >= 4 is 23.4 Å². The highest BCUT2D eigenvalue weighted by Crippen LogP contribution is 2.31. The zero-order chi connectivity index (χ0) is 13.3. The van der Waals surface area contributed by atoms with Crippen LogP contribution in [0.2, 0.25) is 5.02 Å². The standard InChI is InChI=1S/C12H13ClN2O3/c1-6-3-10(18-2)8(13)4-7(6)9-5-14-11(16)12(17)15-9/h3-4,9H,5H2,1-2H3,(H,14,16)(H,15,17). The van der Waals surface area contributed by atoms with Gasteiger partial charge in [-0.1, -0.05) is 11.6 Å². The van der Waals surface area contributed by atoms with Crippen LogP contribution in [-0.2, 0) is 9.59 Å². The summed E-state index contributed by atoms with van der Waals surface area (Å²) in [6.45, 7) is 2.25. The minimum atomic E-state index is -0.627. The molecule has 1 saturated heterocycles. The van der Waals surface area contributed by atoms with E-state index >= 15 is 0 Å². The van der Waals surface area contributed by atoms with Gasteiger partial charge in [-0.15, -0.1) is 0 Å². The van der Waals surface area contributed by atoms with Crippen LogP contribution in [0.25, 0.3) is 0 Å². The van der Waals surface area contributed by atoms with Gasteiger partial charge in [0.1, 0.15) is 5.75 Å². The second kappa shape index (κ2) is 4.86. The Balaban J connectivity index is 2.31. The number of halogens is 1. The molecule has 96 valence electrons. The summed E-state index contributed by atoms with van der Waals surface area (Å²) < 4.78 is 5.12. The number of benzene rings is 1. The zero-order valence-corrected chi connectivity index (χ0v) is 10.8. The lowest BCUT2D eigenvalue weighted by molar-refractivity contribution is -0.141. The van der Waals surface area contributed by atoms with Crippen LogP contribution in [-0.4, -0.2) is 25.5 Å². The lowest BCUT2D eigenvalue weighted by Crippen LogP contribution is -2.51. The fraction of sp³-hybridized carbons (Fsp3) is 0.333. The number of hydrogen-bond donors (Lipinski definition) is 2. The fourth-order valence-corrected chi connectivity index (χ4v) is 2.19. The van der Waals surface area contributed by atoms with E-state index in [4.69, 9.17) is 16.3 Å². The van der Waals surface area contributed by atoms with E-state index in [1.54, 1.807) is 19.2 Å². The van der Waals surface area contributed by atoms with Crippen molar-refractivity contribution in [3.63, 3.8) is 0 Å². The number of carbonyl (C=O) groups excluding carboxylic acids is 2. The molecule has 1 aromatic carbocycles. The summed E-state index contributed by atoms with van der Waals surface area (Å²) >= 11 is 6.06. The van der Waals surface area contributed by atoms with Gasteiger partial charge in [-0.3, -0.25) is 9.59 Å². The lowest BCUT2D eigenvalue weighted by Gasteiger charge is -2.25.